The highest BCUT2D eigenvalue weighted by Gasteiger charge is 2.69. The number of carbonyl (C=O) groups excluding carboxylic acids is 1. The van der Waals surface area contributed by atoms with Gasteiger partial charge < -0.3 is 5.32 Å². The third-order valence-corrected chi connectivity index (χ3v) is 8.91. The third-order valence-electron chi connectivity index (χ3n) is 6.57. The lowest BCUT2D eigenvalue weighted by atomic mass is 9.92. The van der Waals surface area contributed by atoms with Crippen molar-refractivity contribution < 1.29 is 13.2 Å². The molecule has 0 aromatic heterocycles. The quantitative estimate of drug-likeness (QED) is 0.715. The van der Waals surface area contributed by atoms with Crippen LogP contribution in [0.5, 0.6) is 0 Å². The number of nitrogens with one attached hydrogen (secondary N) is 1. The lowest BCUT2D eigenvalue weighted by Crippen LogP contribution is -2.40. The van der Waals surface area contributed by atoms with Crippen molar-refractivity contribution in [1.82, 2.24) is 9.62 Å². The lowest BCUT2D eigenvalue weighted by Gasteiger charge is -2.27. The summed E-state index contributed by atoms with van der Waals surface area (Å²) in [5, 5.41) is 3.55. The molecule has 2 saturated carbocycles. The molecule has 4 rings (SSSR count). The molecule has 27 heavy (non-hydrogen) atoms. The van der Waals surface area contributed by atoms with E-state index in [9.17, 15) is 13.2 Å². The Morgan fingerprint density at radius 1 is 1.26 bits per heavy atom. The predicted octanol–water partition coefficient (Wildman–Crippen LogP) is 3.16. The van der Waals surface area contributed by atoms with E-state index in [-0.39, 0.29) is 17.1 Å². The fraction of sp³-hybridized carbons (Fsp3) is 0.650. The maximum Gasteiger partial charge on any atom is 0.252 e. The van der Waals surface area contributed by atoms with E-state index in [1.807, 2.05) is 19.1 Å². The van der Waals surface area contributed by atoms with Crippen LogP contribution in [0.2, 0.25) is 5.02 Å². The molecule has 1 heterocycles. The lowest BCUT2D eigenvalue weighted by molar-refractivity contribution is 0.0937. The molecule has 1 aromatic rings. The zero-order valence-electron chi connectivity index (χ0n) is 15.7. The van der Waals surface area contributed by atoms with Gasteiger partial charge in [-0.05, 0) is 48.1 Å². The Kier molecular flexibility index (Phi) is 5.02. The minimum Gasteiger partial charge on any atom is -0.351 e. The average Bonchev–Trinajstić information content (AvgIpc) is 3.49. The van der Waals surface area contributed by atoms with Crippen LogP contribution in [0.25, 0.3) is 0 Å². The van der Waals surface area contributed by atoms with Crippen LogP contribution in [0, 0.1) is 23.2 Å². The fourth-order valence-electron chi connectivity index (χ4n) is 4.90. The van der Waals surface area contributed by atoms with Gasteiger partial charge in [0.05, 0.1) is 16.3 Å². The van der Waals surface area contributed by atoms with Gasteiger partial charge in [0.25, 0.3) is 5.91 Å². The van der Waals surface area contributed by atoms with Gasteiger partial charge in [0.2, 0.25) is 10.0 Å². The number of hydrogen-bond acceptors (Lipinski definition) is 3. The number of piperidine rings is 1. The molecular formula is C20H27ClN2O3S. The Bertz CT molecular complexity index is 825. The van der Waals surface area contributed by atoms with Gasteiger partial charge in [0.1, 0.15) is 0 Å². The highest BCUT2D eigenvalue weighted by atomic mass is 35.5. The Labute approximate surface area is 166 Å². The minimum absolute atomic E-state index is 0.0658. The number of halogens is 1. The molecule has 0 radical (unpaired) electrons. The second-order valence-corrected chi connectivity index (χ2v) is 10.9. The zero-order chi connectivity index (χ0) is 19.2. The van der Waals surface area contributed by atoms with Gasteiger partial charge in [-0.1, -0.05) is 43.5 Å². The highest BCUT2D eigenvalue weighted by molar-refractivity contribution is 7.89. The first kappa shape index (κ1) is 19.2. The topological polar surface area (TPSA) is 66.5 Å². The normalized spacial score (nSPS) is 30.1. The van der Waals surface area contributed by atoms with Crippen molar-refractivity contribution >= 4 is 27.5 Å². The number of fused-ring (bicyclic) bond motifs is 1. The van der Waals surface area contributed by atoms with E-state index in [0.29, 0.717) is 48.5 Å². The molecule has 1 aliphatic heterocycles. The number of nitrogens with zero attached hydrogens (tertiary/aromatic N) is 1. The maximum absolute atomic E-state index is 12.6. The molecule has 0 bridgehead atoms. The summed E-state index contributed by atoms with van der Waals surface area (Å²) in [7, 11) is -3.13. The molecule has 148 valence electrons. The molecule has 2 unspecified atom stereocenters. The SMILES string of the molecule is CCCS(=O)(=O)N1CC2C(C1)C2(CNC(=O)c1ccccc1Cl)CC1CC1. The Balaban J connectivity index is 1.42. The van der Waals surface area contributed by atoms with Crippen LogP contribution in [-0.4, -0.2) is 44.0 Å². The van der Waals surface area contributed by atoms with E-state index in [1.165, 1.54) is 12.8 Å². The number of amides is 1. The van der Waals surface area contributed by atoms with Gasteiger partial charge in [-0.3, -0.25) is 4.79 Å². The molecule has 7 heteroatoms. The first-order valence-corrected chi connectivity index (χ1v) is 11.9. The van der Waals surface area contributed by atoms with Crippen LogP contribution < -0.4 is 5.32 Å². The van der Waals surface area contributed by atoms with Crippen molar-refractivity contribution in [2.45, 2.75) is 32.6 Å². The molecule has 1 aromatic carbocycles. The van der Waals surface area contributed by atoms with Crippen molar-refractivity contribution in [2.24, 2.45) is 23.2 Å². The highest BCUT2D eigenvalue weighted by Crippen LogP contribution is 2.67. The molecule has 2 atom stereocenters. The van der Waals surface area contributed by atoms with Crippen molar-refractivity contribution in [3.05, 3.63) is 34.9 Å². The molecule has 3 fully saturated rings. The number of carbonyl (C=O) groups is 1. The molecule has 2 aliphatic carbocycles. The summed E-state index contributed by atoms with van der Waals surface area (Å²) in [4.78, 5) is 12.6. The van der Waals surface area contributed by atoms with E-state index in [4.69, 9.17) is 11.6 Å². The number of benzene rings is 1. The van der Waals surface area contributed by atoms with Gasteiger partial charge in [-0.15, -0.1) is 0 Å². The standard InChI is InChI=1S/C20H27ClN2O3S/c1-2-9-27(25,26)23-11-16-17(12-23)20(16,10-14-7-8-14)13-22-19(24)15-5-3-4-6-18(15)21/h3-6,14,16-17H,2,7-13H2,1H3,(H,22,24). The molecule has 3 aliphatic rings. The van der Waals surface area contributed by atoms with Gasteiger partial charge in [0.15, 0.2) is 0 Å². The summed E-state index contributed by atoms with van der Waals surface area (Å²) < 4.78 is 26.4. The number of rotatable bonds is 8. The van der Waals surface area contributed by atoms with Gasteiger partial charge in [-0.2, -0.15) is 0 Å². The summed E-state index contributed by atoms with van der Waals surface area (Å²) in [5.41, 5.74) is 0.565. The summed E-state index contributed by atoms with van der Waals surface area (Å²) in [5.74, 6) is 1.57. The van der Waals surface area contributed by atoms with Gasteiger partial charge in [0, 0.05) is 19.6 Å². The number of hydrogen-bond donors (Lipinski definition) is 1. The number of sulfonamides is 1. The first-order chi connectivity index (χ1) is 12.9. The van der Waals surface area contributed by atoms with Crippen LogP contribution in [0.4, 0.5) is 0 Å². The summed E-state index contributed by atoms with van der Waals surface area (Å²) in [6, 6.07) is 7.07. The summed E-state index contributed by atoms with van der Waals surface area (Å²) >= 11 is 6.14. The van der Waals surface area contributed by atoms with E-state index in [0.717, 1.165) is 12.3 Å². The summed E-state index contributed by atoms with van der Waals surface area (Å²) in [6.45, 7) is 3.74. The average molecular weight is 411 g/mol. The second kappa shape index (κ2) is 7.05. The van der Waals surface area contributed by atoms with E-state index in [1.54, 1.807) is 16.4 Å². The maximum atomic E-state index is 12.6. The van der Waals surface area contributed by atoms with E-state index >= 15 is 0 Å². The minimum atomic E-state index is -3.13. The smallest absolute Gasteiger partial charge is 0.252 e. The summed E-state index contributed by atoms with van der Waals surface area (Å²) in [6.07, 6.45) is 4.27. The van der Waals surface area contributed by atoms with Crippen molar-refractivity contribution in [3.8, 4) is 0 Å². The first-order valence-electron chi connectivity index (χ1n) is 9.88. The molecule has 1 amide bonds. The van der Waals surface area contributed by atoms with Crippen LogP contribution in [0.15, 0.2) is 24.3 Å². The van der Waals surface area contributed by atoms with Crippen LogP contribution >= 0.6 is 11.6 Å². The molecule has 1 N–H and O–H groups in total. The van der Waals surface area contributed by atoms with Crippen molar-refractivity contribution in [1.29, 1.82) is 0 Å². The van der Waals surface area contributed by atoms with E-state index in [2.05, 4.69) is 5.32 Å². The molecule has 5 nitrogen and oxygen atoms in total. The molecule has 0 spiro atoms. The fourth-order valence-corrected chi connectivity index (χ4v) is 6.67. The molecule has 1 saturated heterocycles. The van der Waals surface area contributed by atoms with Crippen molar-refractivity contribution in [2.75, 3.05) is 25.4 Å². The predicted molar refractivity (Wildman–Crippen MR) is 106 cm³/mol. The third kappa shape index (κ3) is 3.64. The van der Waals surface area contributed by atoms with E-state index < -0.39 is 10.0 Å². The van der Waals surface area contributed by atoms with Gasteiger partial charge in [-0.25, -0.2) is 12.7 Å². The Morgan fingerprint density at radius 2 is 1.93 bits per heavy atom. The largest absolute Gasteiger partial charge is 0.351 e. The van der Waals surface area contributed by atoms with Crippen LogP contribution in [-0.2, 0) is 10.0 Å². The zero-order valence-corrected chi connectivity index (χ0v) is 17.2. The van der Waals surface area contributed by atoms with Gasteiger partial charge >= 0.3 is 0 Å². The van der Waals surface area contributed by atoms with Crippen LogP contribution in [0.1, 0.15) is 43.0 Å². The Hall–Kier alpha value is -1.11. The van der Waals surface area contributed by atoms with Crippen LogP contribution in [0.3, 0.4) is 0 Å². The molecular weight excluding hydrogens is 384 g/mol. The van der Waals surface area contributed by atoms with Crippen molar-refractivity contribution in [3.63, 3.8) is 0 Å². The Morgan fingerprint density at radius 3 is 2.52 bits per heavy atom. The monoisotopic (exact) mass is 410 g/mol. The second-order valence-electron chi connectivity index (χ2n) is 8.39.